The first-order valence-electron chi connectivity index (χ1n) is 6.79. The lowest BCUT2D eigenvalue weighted by molar-refractivity contribution is 0.164. The van der Waals surface area contributed by atoms with Crippen LogP contribution in [0.3, 0.4) is 0 Å². The lowest BCUT2D eigenvalue weighted by Gasteiger charge is -2.34. The Morgan fingerprint density at radius 1 is 1.28 bits per heavy atom. The predicted molar refractivity (Wildman–Crippen MR) is 71.7 cm³/mol. The fraction of sp³-hybridized carbons (Fsp3) is 0.571. The fourth-order valence-corrected chi connectivity index (χ4v) is 2.82. The maximum atomic E-state index is 4.40. The smallest absolute Gasteiger partial charge is 0.160 e. The van der Waals surface area contributed by atoms with Crippen LogP contribution in [0.25, 0.3) is 5.65 Å². The van der Waals surface area contributed by atoms with Gasteiger partial charge < -0.3 is 4.90 Å². The van der Waals surface area contributed by atoms with Crippen LogP contribution in [-0.2, 0) is 0 Å². The van der Waals surface area contributed by atoms with Crippen molar-refractivity contribution in [3.05, 3.63) is 30.2 Å². The van der Waals surface area contributed by atoms with Gasteiger partial charge in [0.05, 0.1) is 0 Å². The average Bonchev–Trinajstić information content (AvgIpc) is 2.82. The molecular formula is C14H20N4. The Labute approximate surface area is 108 Å². The predicted octanol–water partition coefficient (Wildman–Crippen LogP) is 2.32. The third-order valence-electron chi connectivity index (χ3n) is 3.89. The SMILES string of the molecule is CC(C)N1CCCC(c2nnc3ccccn23)C1. The van der Waals surface area contributed by atoms with Crippen LogP contribution in [0.4, 0.5) is 0 Å². The average molecular weight is 244 g/mol. The highest BCUT2D eigenvalue weighted by molar-refractivity contribution is 5.37. The molecule has 18 heavy (non-hydrogen) atoms. The molecule has 0 saturated carbocycles. The number of rotatable bonds is 2. The minimum atomic E-state index is 0.513. The second kappa shape index (κ2) is 4.69. The zero-order valence-electron chi connectivity index (χ0n) is 11.1. The first-order valence-corrected chi connectivity index (χ1v) is 6.79. The minimum absolute atomic E-state index is 0.513. The molecule has 0 aromatic carbocycles. The van der Waals surface area contributed by atoms with E-state index in [1.807, 2.05) is 18.2 Å². The van der Waals surface area contributed by atoms with E-state index in [4.69, 9.17) is 0 Å². The maximum absolute atomic E-state index is 4.40. The van der Waals surface area contributed by atoms with Crippen molar-refractivity contribution >= 4 is 5.65 Å². The van der Waals surface area contributed by atoms with E-state index in [1.165, 1.54) is 19.4 Å². The highest BCUT2D eigenvalue weighted by Gasteiger charge is 2.26. The van der Waals surface area contributed by atoms with Gasteiger partial charge in [-0.05, 0) is 45.4 Å². The van der Waals surface area contributed by atoms with Crippen molar-refractivity contribution in [2.45, 2.75) is 38.6 Å². The molecule has 3 heterocycles. The second-order valence-electron chi connectivity index (χ2n) is 5.41. The molecule has 4 heteroatoms. The van der Waals surface area contributed by atoms with Gasteiger partial charge in [-0.3, -0.25) is 4.40 Å². The summed E-state index contributed by atoms with van der Waals surface area (Å²) in [6.07, 6.45) is 4.54. The molecule has 0 amide bonds. The summed E-state index contributed by atoms with van der Waals surface area (Å²) in [5.41, 5.74) is 0.953. The second-order valence-corrected chi connectivity index (χ2v) is 5.41. The Hall–Kier alpha value is -1.42. The van der Waals surface area contributed by atoms with Crippen molar-refractivity contribution in [2.75, 3.05) is 13.1 Å². The van der Waals surface area contributed by atoms with E-state index in [1.54, 1.807) is 0 Å². The zero-order valence-corrected chi connectivity index (χ0v) is 11.1. The maximum Gasteiger partial charge on any atom is 0.160 e. The molecule has 1 unspecified atom stereocenters. The van der Waals surface area contributed by atoms with Gasteiger partial charge in [0.1, 0.15) is 5.82 Å². The third kappa shape index (κ3) is 2.01. The summed E-state index contributed by atoms with van der Waals surface area (Å²) < 4.78 is 2.13. The summed E-state index contributed by atoms with van der Waals surface area (Å²) in [5, 5.41) is 8.66. The summed E-state index contributed by atoms with van der Waals surface area (Å²) in [7, 11) is 0. The first kappa shape index (κ1) is 11.7. The number of likely N-dealkylation sites (tertiary alicyclic amines) is 1. The van der Waals surface area contributed by atoms with E-state index in [2.05, 4.69) is 39.5 Å². The van der Waals surface area contributed by atoms with Gasteiger partial charge in [0.15, 0.2) is 5.65 Å². The minimum Gasteiger partial charge on any atom is -0.300 e. The largest absolute Gasteiger partial charge is 0.300 e. The Bertz CT molecular complexity index is 531. The van der Waals surface area contributed by atoms with E-state index < -0.39 is 0 Å². The van der Waals surface area contributed by atoms with Crippen LogP contribution in [0.5, 0.6) is 0 Å². The van der Waals surface area contributed by atoms with Gasteiger partial charge in [-0.2, -0.15) is 0 Å². The van der Waals surface area contributed by atoms with Crippen molar-refractivity contribution in [3.63, 3.8) is 0 Å². The van der Waals surface area contributed by atoms with Crippen LogP contribution in [0.2, 0.25) is 0 Å². The van der Waals surface area contributed by atoms with E-state index in [-0.39, 0.29) is 0 Å². The third-order valence-corrected chi connectivity index (χ3v) is 3.89. The Morgan fingerprint density at radius 2 is 2.17 bits per heavy atom. The highest BCUT2D eigenvalue weighted by atomic mass is 15.3. The topological polar surface area (TPSA) is 33.4 Å². The summed E-state index contributed by atoms with van der Waals surface area (Å²) in [5.74, 6) is 1.63. The van der Waals surface area contributed by atoms with E-state index in [0.29, 0.717) is 12.0 Å². The molecule has 1 saturated heterocycles. The van der Waals surface area contributed by atoms with Gasteiger partial charge in [-0.15, -0.1) is 10.2 Å². The van der Waals surface area contributed by atoms with Gasteiger partial charge in [-0.1, -0.05) is 6.07 Å². The number of aromatic nitrogens is 3. The zero-order chi connectivity index (χ0) is 12.5. The normalized spacial score (nSPS) is 21.8. The molecule has 1 fully saturated rings. The first-order chi connectivity index (χ1) is 8.75. The van der Waals surface area contributed by atoms with Crippen molar-refractivity contribution in [3.8, 4) is 0 Å². The number of hydrogen-bond acceptors (Lipinski definition) is 3. The van der Waals surface area contributed by atoms with Crippen LogP contribution in [-0.4, -0.2) is 38.6 Å². The summed E-state index contributed by atoms with van der Waals surface area (Å²) >= 11 is 0. The molecule has 1 aliphatic rings. The van der Waals surface area contributed by atoms with E-state index in [0.717, 1.165) is 18.0 Å². The van der Waals surface area contributed by atoms with Gasteiger partial charge in [0.25, 0.3) is 0 Å². The Kier molecular flexibility index (Phi) is 3.04. The van der Waals surface area contributed by atoms with Gasteiger partial charge in [-0.25, -0.2) is 0 Å². The molecule has 0 spiro atoms. The number of piperidine rings is 1. The summed E-state index contributed by atoms with van der Waals surface area (Å²) in [4.78, 5) is 2.54. The standard InChI is InChI=1S/C14H20N4/c1-11(2)17-8-5-6-12(10-17)14-16-15-13-7-3-4-9-18(13)14/h3-4,7,9,11-12H,5-6,8,10H2,1-2H3. The lowest BCUT2D eigenvalue weighted by atomic mass is 9.96. The molecule has 0 radical (unpaired) electrons. The Balaban J connectivity index is 1.90. The van der Waals surface area contributed by atoms with Crippen molar-refractivity contribution in [1.29, 1.82) is 0 Å². The molecule has 96 valence electrons. The van der Waals surface area contributed by atoms with E-state index in [9.17, 15) is 0 Å². The number of hydrogen-bond donors (Lipinski definition) is 0. The molecule has 0 aliphatic carbocycles. The molecule has 1 aliphatic heterocycles. The van der Waals surface area contributed by atoms with Crippen LogP contribution in [0, 0.1) is 0 Å². The monoisotopic (exact) mass is 244 g/mol. The molecule has 3 rings (SSSR count). The van der Waals surface area contributed by atoms with Gasteiger partial charge in [0, 0.05) is 24.7 Å². The molecular weight excluding hydrogens is 224 g/mol. The van der Waals surface area contributed by atoms with Crippen LogP contribution in [0.1, 0.15) is 38.4 Å². The molecule has 2 aromatic heterocycles. The van der Waals surface area contributed by atoms with Crippen molar-refractivity contribution in [1.82, 2.24) is 19.5 Å². The summed E-state index contributed by atoms with van der Waals surface area (Å²) in [6.45, 7) is 6.85. The van der Waals surface area contributed by atoms with Crippen LogP contribution < -0.4 is 0 Å². The van der Waals surface area contributed by atoms with Crippen LogP contribution >= 0.6 is 0 Å². The molecule has 1 atom stereocenters. The fourth-order valence-electron chi connectivity index (χ4n) is 2.82. The molecule has 0 N–H and O–H groups in total. The number of pyridine rings is 1. The number of fused-ring (bicyclic) bond motifs is 1. The molecule has 2 aromatic rings. The molecule has 4 nitrogen and oxygen atoms in total. The molecule has 0 bridgehead atoms. The quantitative estimate of drug-likeness (QED) is 0.813. The lowest BCUT2D eigenvalue weighted by Crippen LogP contribution is -2.39. The van der Waals surface area contributed by atoms with Gasteiger partial charge in [0.2, 0.25) is 0 Å². The van der Waals surface area contributed by atoms with E-state index >= 15 is 0 Å². The van der Waals surface area contributed by atoms with Crippen molar-refractivity contribution < 1.29 is 0 Å². The number of nitrogens with zero attached hydrogens (tertiary/aromatic N) is 4. The highest BCUT2D eigenvalue weighted by Crippen LogP contribution is 2.26. The Morgan fingerprint density at radius 3 is 3.00 bits per heavy atom. The van der Waals surface area contributed by atoms with Crippen molar-refractivity contribution in [2.24, 2.45) is 0 Å². The van der Waals surface area contributed by atoms with Crippen LogP contribution in [0.15, 0.2) is 24.4 Å². The van der Waals surface area contributed by atoms with Gasteiger partial charge >= 0.3 is 0 Å². The summed E-state index contributed by atoms with van der Waals surface area (Å²) in [6, 6.07) is 6.68.